The average molecular weight is 224 g/mol. The van der Waals surface area contributed by atoms with E-state index in [9.17, 15) is 5.11 Å². The van der Waals surface area contributed by atoms with E-state index in [1.807, 2.05) is 20.0 Å². The molecule has 90 valence electrons. The Bertz CT molecular complexity index is 340. The lowest BCUT2D eigenvalue weighted by atomic mass is 10.2. The summed E-state index contributed by atoms with van der Waals surface area (Å²) in [5.41, 5.74) is 6.75. The van der Waals surface area contributed by atoms with Crippen LogP contribution in [0.2, 0.25) is 0 Å². The highest BCUT2D eigenvalue weighted by atomic mass is 16.5. The quantitative estimate of drug-likeness (QED) is 0.788. The first-order valence-corrected chi connectivity index (χ1v) is 5.33. The van der Waals surface area contributed by atoms with Gasteiger partial charge < -0.3 is 20.5 Å². The van der Waals surface area contributed by atoms with E-state index in [2.05, 4.69) is 4.90 Å². The summed E-state index contributed by atoms with van der Waals surface area (Å²) in [6, 6.07) is 5.58. The van der Waals surface area contributed by atoms with Gasteiger partial charge in [-0.15, -0.1) is 0 Å². The molecular formula is C12H20N2O2. The molecule has 0 aromatic heterocycles. The number of ether oxygens (including phenoxy) is 1. The number of benzene rings is 1. The molecule has 0 spiro atoms. The highest BCUT2D eigenvalue weighted by Gasteiger charge is 2.06. The Morgan fingerprint density at radius 2 is 2.19 bits per heavy atom. The molecule has 1 rings (SSSR count). The summed E-state index contributed by atoms with van der Waals surface area (Å²) in [5, 5.41) is 9.62. The predicted molar refractivity (Wildman–Crippen MR) is 64.6 cm³/mol. The van der Waals surface area contributed by atoms with Crippen LogP contribution in [0.3, 0.4) is 0 Å². The minimum atomic E-state index is 0.150. The van der Waals surface area contributed by atoms with Crippen LogP contribution in [0.4, 0.5) is 0 Å². The molecule has 0 bridgehead atoms. The highest BCUT2D eigenvalue weighted by Crippen LogP contribution is 2.26. The molecule has 0 saturated heterocycles. The van der Waals surface area contributed by atoms with Gasteiger partial charge in [-0.25, -0.2) is 0 Å². The first kappa shape index (κ1) is 12.8. The van der Waals surface area contributed by atoms with Gasteiger partial charge in [0.1, 0.15) is 0 Å². The van der Waals surface area contributed by atoms with Crippen molar-refractivity contribution in [2.45, 2.75) is 19.5 Å². The molecule has 0 aliphatic carbocycles. The summed E-state index contributed by atoms with van der Waals surface area (Å²) in [4.78, 5) is 2.12. The van der Waals surface area contributed by atoms with Gasteiger partial charge in [0, 0.05) is 19.1 Å². The molecule has 0 fully saturated rings. The van der Waals surface area contributed by atoms with Crippen molar-refractivity contribution in [3.05, 3.63) is 23.8 Å². The second-order valence-corrected chi connectivity index (χ2v) is 4.18. The minimum absolute atomic E-state index is 0.150. The normalized spacial score (nSPS) is 12.8. The molecule has 0 saturated carbocycles. The maximum Gasteiger partial charge on any atom is 0.160 e. The molecule has 0 amide bonds. The van der Waals surface area contributed by atoms with Crippen molar-refractivity contribution in [3.63, 3.8) is 0 Å². The number of hydrogen-bond donors (Lipinski definition) is 2. The fraction of sp³-hybridized carbons (Fsp3) is 0.500. The van der Waals surface area contributed by atoms with E-state index in [0.29, 0.717) is 5.75 Å². The molecule has 4 nitrogen and oxygen atoms in total. The zero-order chi connectivity index (χ0) is 12.1. The van der Waals surface area contributed by atoms with E-state index in [-0.39, 0.29) is 11.8 Å². The molecule has 0 radical (unpaired) electrons. The van der Waals surface area contributed by atoms with Gasteiger partial charge in [0.05, 0.1) is 7.11 Å². The fourth-order valence-electron chi connectivity index (χ4n) is 1.70. The molecule has 1 atom stereocenters. The Morgan fingerprint density at radius 3 is 2.69 bits per heavy atom. The average Bonchev–Trinajstić information content (AvgIpc) is 2.16. The summed E-state index contributed by atoms with van der Waals surface area (Å²) in [7, 11) is 3.54. The van der Waals surface area contributed by atoms with Crippen LogP contribution in [0.5, 0.6) is 11.5 Å². The largest absolute Gasteiger partial charge is 0.504 e. The van der Waals surface area contributed by atoms with Gasteiger partial charge in [-0.05, 0) is 31.7 Å². The van der Waals surface area contributed by atoms with Crippen molar-refractivity contribution in [2.75, 3.05) is 20.7 Å². The molecule has 16 heavy (non-hydrogen) atoms. The Hall–Kier alpha value is -1.26. The molecule has 1 aromatic carbocycles. The van der Waals surface area contributed by atoms with Crippen LogP contribution in [0.25, 0.3) is 0 Å². The molecule has 1 aromatic rings. The number of phenolic OH excluding ortho intramolecular Hbond substituents is 1. The van der Waals surface area contributed by atoms with Gasteiger partial charge in [0.2, 0.25) is 0 Å². The number of phenols is 1. The first-order valence-electron chi connectivity index (χ1n) is 5.33. The van der Waals surface area contributed by atoms with Crippen molar-refractivity contribution < 1.29 is 9.84 Å². The zero-order valence-electron chi connectivity index (χ0n) is 10.1. The Morgan fingerprint density at radius 1 is 1.50 bits per heavy atom. The third kappa shape index (κ3) is 3.72. The summed E-state index contributed by atoms with van der Waals surface area (Å²) in [6.07, 6.45) is 0. The van der Waals surface area contributed by atoms with Crippen molar-refractivity contribution in [1.82, 2.24) is 4.90 Å². The Kier molecular flexibility index (Phi) is 4.58. The van der Waals surface area contributed by atoms with Crippen LogP contribution in [0, 0.1) is 0 Å². The number of rotatable bonds is 5. The molecular weight excluding hydrogens is 204 g/mol. The Labute approximate surface area is 96.6 Å². The highest BCUT2D eigenvalue weighted by molar-refractivity contribution is 5.41. The minimum Gasteiger partial charge on any atom is -0.504 e. The maximum atomic E-state index is 9.62. The topological polar surface area (TPSA) is 58.7 Å². The van der Waals surface area contributed by atoms with Gasteiger partial charge in [0.25, 0.3) is 0 Å². The molecule has 0 heterocycles. The van der Waals surface area contributed by atoms with Crippen molar-refractivity contribution in [3.8, 4) is 11.5 Å². The lowest BCUT2D eigenvalue weighted by molar-refractivity contribution is 0.308. The van der Waals surface area contributed by atoms with E-state index in [1.165, 1.54) is 7.11 Å². The van der Waals surface area contributed by atoms with Gasteiger partial charge in [-0.1, -0.05) is 6.07 Å². The maximum absolute atomic E-state index is 9.62. The predicted octanol–water partition coefficient (Wildman–Crippen LogP) is 1.18. The number of aromatic hydroxyl groups is 1. The second kappa shape index (κ2) is 5.72. The van der Waals surface area contributed by atoms with Gasteiger partial charge >= 0.3 is 0 Å². The third-order valence-corrected chi connectivity index (χ3v) is 2.30. The summed E-state index contributed by atoms with van der Waals surface area (Å²) in [6.45, 7) is 3.56. The number of nitrogens with zero attached hydrogens (tertiary/aromatic N) is 1. The van der Waals surface area contributed by atoms with Gasteiger partial charge in [0.15, 0.2) is 11.5 Å². The van der Waals surface area contributed by atoms with Crippen molar-refractivity contribution >= 4 is 0 Å². The van der Waals surface area contributed by atoms with E-state index >= 15 is 0 Å². The first-order chi connectivity index (χ1) is 7.52. The monoisotopic (exact) mass is 224 g/mol. The summed E-state index contributed by atoms with van der Waals surface area (Å²) >= 11 is 0. The van der Waals surface area contributed by atoms with E-state index in [0.717, 1.165) is 18.7 Å². The van der Waals surface area contributed by atoms with Crippen LogP contribution in [-0.2, 0) is 6.54 Å². The Balaban J connectivity index is 2.64. The van der Waals surface area contributed by atoms with Gasteiger partial charge in [-0.3, -0.25) is 0 Å². The van der Waals surface area contributed by atoms with Crippen LogP contribution in [0.1, 0.15) is 12.5 Å². The molecule has 3 N–H and O–H groups in total. The smallest absolute Gasteiger partial charge is 0.160 e. The van der Waals surface area contributed by atoms with Crippen LogP contribution in [0.15, 0.2) is 18.2 Å². The van der Waals surface area contributed by atoms with Crippen molar-refractivity contribution in [1.29, 1.82) is 0 Å². The zero-order valence-corrected chi connectivity index (χ0v) is 10.1. The lowest BCUT2D eigenvalue weighted by Gasteiger charge is -2.19. The number of hydrogen-bond acceptors (Lipinski definition) is 4. The van der Waals surface area contributed by atoms with E-state index < -0.39 is 0 Å². The van der Waals surface area contributed by atoms with Crippen LogP contribution in [-0.4, -0.2) is 36.8 Å². The van der Waals surface area contributed by atoms with Crippen molar-refractivity contribution in [2.24, 2.45) is 5.73 Å². The third-order valence-electron chi connectivity index (χ3n) is 2.30. The number of likely N-dealkylation sites (N-methyl/N-ethyl adjacent to an activating group) is 1. The van der Waals surface area contributed by atoms with E-state index in [4.69, 9.17) is 10.5 Å². The molecule has 0 aliphatic heterocycles. The molecule has 0 aliphatic rings. The summed E-state index contributed by atoms with van der Waals surface area (Å²) in [5.74, 6) is 0.674. The fourth-order valence-corrected chi connectivity index (χ4v) is 1.70. The standard InChI is InChI=1S/C12H20N2O2/c1-9(13)7-14(2)8-10-4-5-12(16-3)11(15)6-10/h4-6,9,15H,7-8,13H2,1-3H3. The summed E-state index contributed by atoms with van der Waals surface area (Å²) < 4.78 is 4.99. The lowest BCUT2D eigenvalue weighted by Crippen LogP contribution is -2.32. The second-order valence-electron chi connectivity index (χ2n) is 4.18. The van der Waals surface area contributed by atoms with Crippen LogP contribution < -0.4 is 10.5 Å². The number of nitrogens with two attached hydrogens (primary N) is 1. The SMILES string of the molecule is COc1ccc(CN(C)CC(C)N)cc1O. The van der Waals surface area contributed by atoms with Gasteiger partial charge in [-0.2, -0.15) is 0 Å². The molecule has 4 heteroatoms. The number of methoxy groups -OCH3 is 1. The van der Waals surface area contributed by atoms with E-state index in [1.54, 1.807) is 12.1 Å². The van der Waals surface area contributed by atoms with Crippen LogP contribution >= 0.6 is 0 Å². The molecule has 1 unspecified atom stereocenters.